The maximum atomic E-state index is 12.1. The van der Waals surface area contributed by atoms with Gasteiger partial charge in [-0.1, -0.05) is 0 Å². The molecule has 25 nitrogen and oxygen atoms in total. The number of carbonyl (C=O) groups excluding carboxylic acids is 2. The minimum absolute atomic E-state index is 0. The maximum absolute atomic E-state index is 12.1. The largest absolute Gasteiger partial charge is 0 e. The minimum Gasteiger partial charge on any atom is 0 e. The summed E-state index contributed by atoms with van der Waals surface area (Å²) in [6.07, 6.45) is 8.65. The zero-order valence-electron chi connectivity index (χ0n) is 34.1. The summed E-state index contributed by atoms with van der Waals surface area (Å²) in [6, 6.07) is -3.87. The van der Waals surface area contributed by atoms with Gasteiger partial charge in [-0.25, -0.2) is 24.4 Å². The van der Waals surface area contributed by atoms with Gasteiger partial charge < -0.3 is 60.1 Å². The molecule has 0 aliphatic rings. The molecule has 0 saturated carbocycles. The van der Waals surface area contributed by atoms with Crippen molar-refractivity contribution in [3.8, 4) is 0 Å². The number of aliphatic carboxylic acids is 5. The zero-order valence-corrected chi connectivity index (χ0v) is 36.9. The number of nitrogens with zero attached hydrogens (tertiary/aromatic N) is 5. The molecule has 349 valence electrons. The molecule has 2 aromatic rings. The molecule has 2 atom stereocenters. The van der Waals surface area contributed by atoms with Crippen molar-refractivity contribution in [2.24, 2.45) is 0 Å². The molecule has 0 bridgehead atoms. The Bertz CT molecular complexity index is 1640. The normalized spacial score (nSPS) is 10.9. The number of ether oxygens (including phenoxy) is 2. The summed E-state index contributed by atoms with van der Waals surface area (Å²) in [5, 5.41) is 52.6. The first-order valence-corrected chi connectivity index (χ1v) is 18.7. The predicted octanol–water partition coefficient (Wildman–Crippen LogP) is 0.0865. The summed E-state index contributed by atoms with van der Waals surface area (Å²) >= 11 is 0. The number of aromatic nitrogens is 4. The van der Waals surface area contributed by atoms with Crippen LogP contribution >= 0.6 is 0 Å². The Labute approximate surface area is 375 Å². The third-order valence-electron chi connectivity index (χ3n) is 8.15. The molecule has 0 saturated heterocycles. The molecule has 63 heavy (non-hydrogen) atoms. The number of unbranched alkanes of at least 4 members (excludes halogenated alkanes) is 3. The van der Waals surface area contributed by atoms with Gasteiger partial charge in [-0.2, -0.15) is 0 Å². The van der Waals surface area contributed by atoms with Crippen molar-refractivity contribution in [3.63, 3.8) is 0 Å². The van der Waals surface area contributed by atoms with Crippen molar-refractivity contribution in [2.45, 2.75) is 96.1 Å². The van der Waals surface area contributed by atoms with Gasteiger partial charge in [0.25, 0.3) is 0 Å². The summed E-state index contributed by atoms with van der Waals surface area (Å²) < 4.78 is 36.7. The second kappa shape index (κ2) is 39.1. The number of carboxylic acids is 5. The Morgan fingerprint density at radius 2 is 1.13 bits per heavy atom. The van der Waals surface area contributed by atoms with Crippen LogP contribution < -0.4 is 16.0 Å². The zero-order chi connectivity index (χ0) is 47.3. The van der Waals surface area contributed by atoms with Gasteiger partial charge in [0.2, 0.25) is 5.91 Å². The van der Waals surface area contributed by atoms with Crippen LogP contribution in [0.5, 0.6) is 0 Å². The molecule has 0 aliphatic heterocycles. The first kappa shape index (κ1) is 61.6. The van der Waals surface area contributed by atoms with E-state index in [0.717, 1.165) is 19.3 Å². The van der Waals surface area contributed by atoms with E-state index in [9.17, 15) is 48.9 Å². The van der Waals surface area contributed by atoms with Crippen LogP contribution in [0.2, 0.25) is 0 Å². The van der Waals surface area contributed by atoms with Crippen LogP contribution in [0.25, 0.3) is 0 Å². The van der Waals surface area contributed by atoms with Crippen molar-refractivity contribution >= 4 is 41.8 Å². The van der Waals surface area contributed by atoms with Gasteiger partial charge in [0, 0.05) is 71.2 Å². The second-order valence-electron chi connectivity index (χ2n) is 12.7. The molecule has 2 aromatic heterocycles. The quantitative estimate of drug-likeness (QED) is 0.0273. The number of carboxylic acid groups (broad SMARTS) is 5. The average molecular weight is 1070 g/mol. The smallest absolute Gasteiger partial charge is 0 e. The summed E-state index contributed by atoms with van der Waals surface area (Å²) in [5.74, 6) is -5.13. The fourth-order valence-electron chi connectivity index (χ4n) is 5.31. The van der Waals surface area contributed by atoms with E-state index >= 15 is 0 Å². The van der Waals surface area contributed by atoms with E-state index in [1.807, 2.05) is 4.90 Å². The molecule has 8 N–H and O–H groups in total. The molecular weight excluding hydrogens is 1010 g/mol. The number of nitrogens with one attached hydrogen (secondary N) is 3. The molecule has 2 rings (SSSR count). The SMILES string of the molecule is O=C(O)CC[C@H](NC(=O)N[C@@H](CCCCNC(=O)CCOCCOCCCCCN(Cc1nccn1CC(=O)O)Cc1nccn1CC(=O)O)C(=O)O)C(=O)O.[C-]#[O+].[C-]#[O+].[C-]#[O+].[Re]. The van der Waals surface area contributed by atoms with Crippen LogP contribution in [0.15, 0.2) is 24.8 Å². The molecule has 26 heteroatoms. The summed E-state index contributed by atoms with van der Waals surface area (Å²) in [4.78, 5) is 90.8. The van der Waals surface area contributed by atoms with Gasteiger partial charge >= 0.3 is 69.8 Å². The van der Waals surface area contributed by atoms with E-state index in [4.69, 9.17) is 33.6 Å². The second-order valence-corrected chi connectivity index (χ2v) is 12.7. The standard InChI is InChI=1S/C34H52N8O14.3CO.Re/c43-28(37-10-3-2-6-24(32(50)51)38-34(54)39-25(33(52)53)7-8-29(44)45)9-17-56-19-18-55-16-5-1-4-13-40(20-26-35-11-14-41(26)22-30(46)47)21-27-36-12-15-42(27)23-31(48)49;3*1-2;/h11-12,14-15,24-25H,1-10,13,16-23H2,(H,37,43)(H,44,45)(H,46,47)(H,48,49)(H,50,51)(H,52,53)(H2,38,39,54);;;;/t24-,25-;;;;/m0..../s1. The number of imidazole rings is 2. The van der Waals surface area contributed by atoms with Gasteiger partial charge in [-0.3, -0.25) is 24.1 Å². The van der Waals surface area contributed by atoms with Crippen LogP contribution in [0, 0.1) is 20.0 Å². The van der Waals surface area contributed by atoms with E-state index in [-0.39, 0.29) is 78.4 Å². The Balaban J connectivity index is -0.00000492. The van der Waals surface area contributed by atoms with Crippen molar-refractivity contribution in [3.05, 3.63) is 56.4 Å². The van der Waals surface area contributed by atoms with Crippen LogP contribution in [-0.2, 0) is 98.8 Å². The Morgan fingerprint density at radius 3 is 1.60 bits per heavy atom. The Morgan fingerprint density at radius 1 is 0.635 bits per heavy atom. The fourth-order valence-corrected chi connectivity index (χ4v) is 5.31. The van der Waals surface area contributed by atoms with Gasteiger partial charge in [0.15, 0.2) is 0 Å². The van der Waals surface area contributed by atoms with Gasteiger partial charge in [-0.05, 0) is 51.5 Å². The number of hydrogen-bond acceptors (Lipinski definition) is 12. The van der Waals surface area contributed by atoms with E-state index in [1.54, 1.807) is 21.5 Å². The third-order valence-corrected chi connectivity index (χ3v) is 8.15. The van der Waals surface area contributed by atoms with Crippen LogP contribution in [-0.4, -0.2) is 143 Å². The van der Waals surface area contributed by atoms with Gasteiger partial charge in [-0.15, -0.1) is 0 Å². The molecular formula is C37H52N8O17Re. The van der Waals surface area contributed by atoms with Crippen LogP contribution in [0.1, 0.15) is 69.4 Å². The summed E-state index contributed by atoms with van der Waals surface area (Å²) in [7, 11) is 0. The van der Waals surface area contributed by atoms with E-state index in [2.05, 4.69) is 45.9 Å². The Hall–Kier alpha value is -5.73. The number of carbonyl (C=O) groups is 7. The first-order chi connectivity index (χ1) is 29.7. The average Bonchev–Trinajstić information content (AvgIpc) is 3.87. The van der Waals surface area contributed by atoms with Crippen molar-refractivity contribution in [1.29, 1.82) is 0 Å². The third kappa shape index (κ3) is 30.9. The monoisotopic (exact) mass is 1070 g/mol. The molecule has 3 amide bonds. The minimum atomic E-state index is -1.50. The number of hydrogen-bond donors (Lipinski definition) is 8. The molecule has 0 aliphatic carbocycles. The van der Waals surface area contributed by atoms with E-state index < -0.39 is 54.4 Å². The van der Waals surface area contributed by atoms with Crippen molar-refractivity contribution in [2.75, 3.05) is 39.5 Å². The van der Waals surface area contributed by atoms with Gasteiger partial charge in [0.05, 0.1) is 32.9 Å². The molecule has 0 aromatic carbocycles. The van der Waals surface area contributed by atoms with Crippen molar-refractivity contribution < 1.29 is 103 Å². The predicted molar refractivity (Wildman–Crippen MR) is 204 cm³/mol. The molecule has 0 spiro atoms. The van der Waals surface area contributed by atoms with Crippen molar-refractivity contribution in [1.82, 2.24) is 40.0 Å². The maximum Gasteiger partial charge on any atom is 0 e. The van der Waals surface area contributed by atoms with Crippen LogP contribution in [0.3, 0.4) is 0 Å². The van der Waals surface area contributed by atoms with Crippen LogP contribution in [0.4, 0.5) is 4.79 Å². The molecule has 1 radical (unpaired) electrons. The number of amides is 3. The van der Waals surface area contributed by atoms with E-state index in [1.165, 1.54) is 12.4 Å². The van der Waals surface area contributed by atoms with E-state index in [0.29, 0.717) is 57.3 Å². The number of urea groups is 1. The summed E-state index contributed by atoms with van der Waals surface area (Å²) in [6.45, 7) is 15.9. The van der Waals surface area contributed by atoms with Gasteiger partial charge in [0.1, 0.15) is 36.8 Å². The topological polar surface area (TPSA) is 374 Å². The first-order valence-electron chi connectivity index (χ1n) is 18.7. The molecule has 0 unspecified atom stereocenters. The summed E-state index contributed by atoms with van der Waals surface area (Å²) in [5.41, 5.74) is 0. The molecule has 0 fully saturated rings. The Kier molecular flexibility index (Phi) is 38.3. The number of rotatable bonds is 32. The molecule has 2 heterocycles. The fraction of sp³-hybridized carbons (Fsp3) is 0.568.